The van der Waals surface area contributed by atoms with E-state index >= 15 is 0 Å². The minimum absolute atomic E-state index is 0.210. The number of benzene rings is 2. The van der Waals surface area contributed by atoms with E-state index in [9.17, 15) is 4.79 Å². The maximum atomic E-state index is 12.9. The Hall–Kier alpha value is -3.39. The van der Waals surface area contributed by atoms with Gasteiger partial charge in [-0.15, -0.1) is 5.10 Å². The summed E-state index contributed by atoms with van der Waals surface area (Å²) in [5.74, 6) is 2.65. The van der Waals surface area contributed by atoms with Gasteiger partial charge in [0.15, 0.2) is 5.82 Å². The molecule has 0 atom stereocenters. The summed E-state index contributed by atoms with van der Waals surface area (Å²) in [6.07, 6.45) is 6.48. The second-order valence-corrected chi connectivity index (χ2v) is 8.60. The van der Waals surface area contributed by atoms with E-state index < -0.39 is 0 Å². The molecule has 0 aliphatic carbocycles. The van der Waals surface area contributed by atoms with Crippen molar-refractivity contribution in [2.24, 2.45) is 0 Å². The first-order valence-corrected chi connectivity index (χ1v) is 11.8. The van der Waals surface area contributed by atoms with Crippen LogP contribution in [0.1, 0.15) is 38.2 Å². The van der Waals surface area contributed by atoms with Crippen LogP contribution in [0.2, 0.25) is 0 Å². The van der Waals surface area contributed by atoms with Crippen LogP contribution in [0.4, 0.5) is 0 Å². The standard InChI is InChI=1S/C25H27N3O4S/c1-4-5-6-7-14-32-19-11-8-17(9-12-19)23-26-25-28(27-23)24(29)22(33-25)15-18-10-13-20(30-2)16-21(18)31-3/h8-13,15-16H,4-7,14H2,1-3H3/b22-15-. The van der Waals surface area contributed by atoms with Gasteiger partial charge in [-0.3, -0.25) is 4.79 Å². The number of rotatable bonds is 10. The predicted octanol–water partition coefficient (Wildman–Crippen LogP) is 4.34. The minimum Gasteiger partial charge on any atom is -0.497 e. The summed E-state index contributed by atoms with van der Waals surface area (Å²) in [5.41, 5.74) is 1.41. The van der Waals surface area contributed by atoms with Gasteiger partial charge in [-0.1, -0.05) is 37.5 Å². The fourth-order valence-electron chi connectivity index (χ4n) is 3.45. The molecule has 0 aliphatic heterocycles. The number of hydrogen-bond donors (Lipinski definition) is 0. The molecular formula is C25H27N3O4S. The van der Waals surface area contributed by atoms with Crippen molar-refractivity contribution >= 4 is 22.4 Å². The molecule has 2 aromatic carbocycles. The molecule has 0 bridgehead atoms. The first-order chi connectivity index (χ1) is 16.1. The smallest absolute Gasteiger partial charge is 0.291 e. The third kappa shape index (κ3) is 5.17. The lowest BCUT2D eigenvalue weighted by molar-refractivity contribution is 0.305. The van der Waals surface area contributed by atoms with Crippen molar-refractivity contribution in [2.75, 3.05) is 20.8 Å². The van der Waals surface area contributed by atoms with Gasteiger partial charge < -0.3 is 14.2 Å². The molecule has 0 unspecified atom stereocenters. The van der Waals surface area contributed by atoms with E-state index in [-0.39, 0.29) is 5.56 Å². The molecule has 2 aromatic heterocycles. The minimum atomic E-state index is -0.210. The number of methoxy groups -OCH3 is 2. The Morgan fingerprint density at radius 3 is 2.48 bits per heavy atom. The molecule has 0 amide bonds. The zero-order valence-corrected chi connectivity index (χ0v) is 19.9. The highest BCUT2D eigenvalue weighted by Gasteiger charge is 2.13. The van der Waals surface area contributed by atoms with Crippen LogP contribution in [-0.2, 0) is 0 Å². The summed E-state index contributed by atoms with van der Waals surface area (Å²) in [7, 11) is 3.18. The van der Waals surface area contributed by atoms with E-state index in [1.54, 1.807) is 26.4 Å². The molecule has 0 N–H and O–H groups in total. The molecular weight excluding hydrogens is 438 g/mol. The molecule has 0 saturated carbocycles. The van der Waals surface area contributed by atoms with Gasteiger partial charge in [0.05, 0.1) is 25.4 Å². The van der Waals surface area contributed by atoms with Gasteiger partial charge >= 0.3 is 0 Å². The first kappa shape index (κ1) is 22.8. The van der Waals surface area contributed by atoms with E-state index in [1.807, 2.05) is 36.4 Å². The summed E-state index contributed by atoms with van der Waals surface area (Å²) in [4.78, 5) is 18.0. The Bertz CT molecular complexity index is 1330. The molecule has 8 heteroatoms. The average molecular weight is 466 g/mol. The van der Waals surface area contributed by atoms with Crippen LogP contribution in [0.25, 0.3) is 22.4 Å². The Morgan fingerprint density at radius 2 is 1.79 bits per heavy atom. The summed E-state index contributed by atoms with van der Waals surface area (Å²) in [6.45, 7) is 2.91. The number of hydrogen-bond acceptors (Lipinski definition) is 7. The van der Waals surface area contributed by atoms with Crippen LogP contribution in [0.5, 0.6) is 17.2 Å². The van der Waals surface area contributed by atoms with Gasteiger partial charge in [-0.25, -0.2) is 0 Å². The van der Waals surface area contributed by atoms with Gasteiger partial charge in [0.25, 0.3) is 5.56 Å². The molecule has 33 heavy (non-hydrogen) atoms. The van der Waals surface area contributed by atoms with E-state index in [0.29, 0.717) is 26.8 Å². The highest BCUT2D eigenvalue weighted by molar-refractivity contribution is 7.15. The molecule has 0 radical (unpaired) electrons. The molecule has 0 spiro atoms. The van der Waals surface area contributed by atoms with Crippen LogP contribution < -0.4 is 24.3 Å². The number of aromatic nitrogens is 3. The highest BCUT2D eigenvalue weighted by Crippen LogP contribution is 2.25. The molecule has 4 aromatic rings. The topological polar surface area (TPSA) is 75.0 Å². The molecule has 0 aliphatic rings. The predicted molar refractivity (Wildman–Crippen MR) is 131 cm³/mol. The monoisotopic (exact) mass is 465 g/mol. The number of nitrogens with zero attached hydrogens (tertiary/aromatic N) is 3. The van der Waals surface area contributed by atoms with Crippen LogP contribution in [-0.4, -0.2) is 35.4 Å². The van der Waals surface area contributed by atoms with Crippen molar-refractivity contribution in [1.82, 2.24) is 14.6 Å². The number of ether oxygens (including phenoxy) is 3. The Kier molecular flexibility index (Phi) is 7.24. The van der Waals surface area contributed by atoms with Crippen molar-refractivity contribution in [1.29, 1.82) is 0 Å². The average Bonchev–Trinajstić information content (AvgIpc) is 3.39. The van der Waals surface area contributed by atoms with Crippen LogP contribution in [0.3, 0.4) is 0 Å². The lowest BCUT2D eigenvalue weighted by Gasteiger charge is -2.06. The SMILES string of the molecule is CCCCCCOc1ccc(-c2nc3s/c(=C\c4ccc(OC)cc4OC)c(=O)n3n2)cc1. The van der Waals surface area contributed by atoms with Gasteiger partial charge in [-0.05, 0) is 48.9 Å². The molecule has 2 heterocycles. The van der Waals surface area contributed by atoms with Crippen molar-refractivity contribution in [3.8, 4) is 28.6 Å². The third-order valence-electron chi connectivity index (χ3n) is 5.29. The molecule has 172 valence electrons. The largest absolute Gasteiger partial charge is 0.497 e. The summed E-state index contributed by atoms with van der Waals surface area (Å²) in [6, 6.07) is 13.1. The van der Waals surface area contributed by atoms with Crippen LogP contribution in [0, 0.1) is 0 Å². The zero-order valence-electron chi connectivity index (χ0n) is 19.0. The lowest BCUT2D eigenvalue weighted by Crippen LogP contribution is -2.23. The van der Waals surface area contributed by atoms with Gasteiger partial charge in [0, 0.05) is 17.2 Å². The highest BCUT2D eigenvalue weighted by atomic mass is 32.1. The molecule has 0 fully saturated rings. The fraction of sp³-hybridized carbons (Fsp3) is 0.320. The number of thiazole rings is 1. The molecule has 7 nitrogen and oxygen atoms in total. The van der Waals surface area contributed by atoms with Crippen molar-refractivity contribution in [3.63, 3.8) is 0 Å². The van der Waals surface area contributed by atoms with Gasteiger partial charge in [0.2, 0.25) is 4.96 Å². The normalized spacial score (nSPS) is 11.8. The fourth-order valence-corrected chi connectivity index (χ4v) is 4.35. The van der Waals surface area contributed by atoms with Crippen molar-refractivity contribution < 1.29 is 14.2 Å². The van der Waals surface area contributed by atoms with E-state index in [0.717, 1.165) is 29.9 Å². The second-order valence-electron chi connectivity index (χ2n) is 7.59. The summed E-state index contributed by atoms with van der Waals surface area (Å²) < 4.78 is 18.3. The van der Waals surface area contributed by atoms with Crippen LogP contribution in [0.15, 0.2) is 47.3 Å². The number of unbranched alkanes of at least 4 members (excludes halogenated alkanes) is 3. The second kappa shape index (κ2) is 10.5. The van der Waals surface area contributed by atoms with Gasteiger partial charge in [-0.2, -0.15) is 9.50 Å². The molecule has 0 saturated heterocycles. The number of fused-ring (bicyclic) bond motifs is 1. The summed E-state index contributed by atoms with van der Waals surface area (Å²) >= 11 is 1.29. The van der Waals surface area contributed by atoms with Crippen LogP contribution >= 0.6 is 11.3 Å². The Balaban J connectivity index is 1.54. The first-order valence-electron chi connectivity index (χ1n) is 11.0. The maximum Gasteiger partial charge on any atom is 0.291 e. The molecule has 4 rings (SSSR count). The van der Waals surface area contributed by atoms with E-state index in [2.05, 4.69) is 17.0 Å². The maximum absolute atomic E-state index is 12.9. The quantitative estimate of drug-likeness (QED) is 0.324. The Labute approximate surface area is 196 Å². The van der Waals surface area contributed by atoms with E-state index in [4.69, 9.17) is 14.2 Å². The van der Waals surface area contributed by atoms with E-state index in [1.165, 1.54) is 35.1 Å². The summed E-state index contributed by atoms with van der Waals surface area (Å²) in [5, 5.41) is 4.43. The third-order valence-corrected chi connectivity index (χ3v) is 6.25. The van der Waals surface area contributed by atoms with Crippen molar-refractivity contribution in [3.05, 3.63) is 62.9 Å². The zero-order chi connectivity index (χ0) is 23.2. The van der Waals surface area contributed by atoms with Gasteiger partial charge in [0.1, 0.15) is 17.2 Å². The van der Waals surface area contributed by atoms with Crippen molar-refractivity contribution in [2.45, 2.75) is 32.6 Å². The Morgan fingerprint density at radius 1 is 1.00 bits per heavy atom. The lowest BCUT2D eigenvalue weighted by atomic mass is 10.2.